The van der Waals surface area contributed by atoms with Crippen molar-refractivity contribution in [3.63, 3.8) is 0 Å². The Balaban J connectivity index is 1.61. The molecule has 0 aromatic carbocycles. The second-order valence-electron chi connectivity index (χ2n) is 5.37. The maximum atomic E-state index is 9.56. The summed E-state index contributed by atoms with van der Waals surface area (Å²) in [4.78, 5) is 5.03. The molecule has 4 heteroatoms. The van der Waals surface area contributed by atoms with Gasteiger partial charge < -0.3 is 14.7 Å². The van der Waals surface area contributed by atoms with E-state index in [9.17, 15) is 5.11 Å². The molecule has 2 heterocycles. The summed E-state index contributed by atoms with van der Waals surface area (Å²) in [5.74, 6) is 0.523. The summed E-state index contributed by atoms with van der Waals surface area (Å²) in [6.45, 7) is 10.5. The predicted molar refractivity (Wildman–Crippen MR) is 68.1 cm³/mol. The van der Waals surface area contributed by atoms with Crippen molar-refractivity contribution < 1.29 is 9.84 Å². The Morgan fingerprint density at radius 2 is 1.59 bits per heavy atom. The van der Waals surface area contributed by atoms with Crippen LogP contribution in [0.1, 0.15) is 19.8 Å². The van der Waals surface area contributed by atoms with Crippen molar-refractivity contribution in [3.8, 4) is 0 Å². The highest BCUT2D eigenvalue weighted by atomic mass is 16.5. The Bertz CT molecular complexity index is 209. The lowest BCUT2D eigenvalue weighted by Crippen LogP contribution is -2.44. The molecule has 0 spiro atoms. The minimum absolute atomic E-state index is 0.128. The molecule has 0 aliphatic carbocycles. The van der Waals surface area contributed by atoms with Crippen molar-refractivity contribution in [1.29, 1.82) is 0 Å². The normalized spacial score (nSPS) is 27.2. The van der Waals surface area contributed by atoms with Crippen LogP contribution in [0.3, 0.4) is 0 Å². The number of rotatable bonds is 4. The van der Waals surface area contributed by atoms with Crippen molar-refractivity contribution in [2.75, 3.05) is 52.5 Å². The highest BCUT2D eigenvalue weighted by molar-refractivity contribution is 4.76. The molecule has 1 atom stereocenters. The maximum Gasteiger partial charge on any atom is 0.0594 e. The molecule has 0 aromatic heterocycles. The van der Waals surface area contributed by atoms with Crippen LogP contribution in [-0.2, 0) is 4.74 Å². The Kier molecular flexibility index (Phi) is 5.22. The van der Waals surface area contributed by atoms with Gasteiger partial charge in [0.05, 0.1) is 19.3 Å². The van der Waals surface area contributed by atoms with Gasteiger partial charge in [-0.25, -0.2) is 0 Å². The van der Waals surface area contributed by atoms with Gasteiger partial charge in [0.2, 0.25) is 0 Å². The molecule has 0 amide bonds. The maximum absolute atomic E-state index is 9.56. The van der Waals surface area contributed by atoms with Crippen LogP contribution in [0.2, 0.25) is 0 Å². The molecule has 100 valence electrons. The molecule has 0 aromatic rings. The van der Waals surface area contributed by atoms with Gasteiger partial charge in [-0.3, -0.25) is 4.90 Å². The second kappa shape index (κ2) is 6.69. The van der Waals surface area contributed by atoms with E-state index >= 15 is 0 Å². The molecule has 0 radical (unpaired) electrons. The fourth-order valence-corrected chi connectivity index (χ4v) is 2.77. The molecule has 4 nitrogen and oxygen atoms in total. The molecule has 2 rings (SSSR count). The monoisotopic (exact) mass is 242 g/mol. The molecule has 2 saturated heterocycles. The van der Waals surface area contributed by atoms with Crippen molar-refractivity contribution in [1.82, 2.24) is 9.80 Å². The van der Waals surface area contributed by atoms with Gasteiger partial charge in [0.1, 0.15) is 0 Å². The average Bonchev–Trinajstić information content (AvgIpc) is 2.38. The number of likely N-dealkylation sites (tertiary alicyclic amines) is 1. The SMILES string of the molecule is CC(O)C1CCN(CCN2CCOCC2)CC1. The van der Waals surface area contributed by atoms with Gasteiger partial charge in [0.15, 0.2) is 0 Å². The average molecular weight is 242 g/mol. The first-order valence-electron chi connectivity index (χ1n) is 6.96. The molecule has 0 saturated carbocycles. The van der Waals surface area contributed by atoms with Crippen LogP contribution < -0.4 is 0 Å². The van der Waals surface area contributed by atoms with Gasteiger partial charge >= 0.3 is 0 Å². The van der Waals surface area contributed by atoms with Crippen molar-refractivity contribution in [2.24, 2.45) is 5.92 Å². The molecule has 2 fully saturated rings. The van der Waals surface area contributed by atoms with Crippen molar-refractivity contribution in [3.05, 3.63) is 0 Å². The Labute approximate surface area is 105 Å². The first-order chi connectivity index (χ1) is 8.25. The van der Waals surface area contributed by atoms with E-state index in [1.54, 1.807) is 0 Å². The van der Waals surface area contributed by atoms with E-state index in [0.29, 0.717) is 5.92 Å². The third kappa shape index (κ3) is 4.21. The lowest BCUT2D eigenvalue weighted by atomic mass is 9.92. The molecule has 0 bridgehead atoms. The quantitative estimate of drug-likeness (QED) is 0.775. The molecule has 1 unspecified atom stereocenters. The van der Waals surface area contributed by atoms with E-state index in [1.165, 1.54) is 13.1 Å². The summed E-state index contributed by atoms with van der Waals surface area (Å²) in [6, 6.07) is 0. The Hall–Kier alpha value is -0.160. The smallest absolute Gasteiger partial charge is 0.0594 e. The molecule has 1 N–H and O–H groups in total. The zero-order valence-electron chi connectivity index (χ0n) is 11.0. The van der Waals surface area contributed by atoms with Gasteiger partial charge in [-0.2, -0.15) is 0 Å². The minimum atomic E-state index is -0.128. The van der Waals surface area contributed by atoms with E-state index < -0.39 is 0 Å². The van der Waals surface area contributed by atoms with E-state index in [1.807, 2.05) is 6.92 Å². The standard InChI is InChI=1S/C13H26N2O2/c1-12(16)13-2-4-14(5-3-13)6-7-15-8-10-17-11-9-15/h12-13,16H,2-11H2,1H3. The van der Waals surface area contributed by atoms with Crippen LogP contribution in [0, 0.1) is 5.92 Å². The van der Waals surface area contributed by atoms with Crippen molar-refractivity contribution in [2.45, 2.75) is 25.9 Å². The van der Waals surface area contributed by atoms with Gasteiger partial charge in [-0.05, 0) is 38.8 Å². The van der Waals surface area contributed by atoms with E-state index in [0.717, 1.165) is 52.2 Å². The molecular formula is C13H26N2O2. The van der Waals surface area contributed by atoms with Crippen LogP contribution in [0.5, 0.6) is 0 Å². The fourth-order valence-electron chi connectivity index (χ4n) is 2.77. The molecule has 2 aliphatic heterocycles. The number of hydrogen-bond donors (Lipinski definition) is 1. The summed E-state index contributed by atoms with van der Waals surface area (Å²) in [6.07, 6.45) is 2.18. The zero-order chi connectivity index (χ0) is 12.1. The number of aliphatic hydroxyl groups is 1. The van der Waals surface area contributed by atoms with Gasteiger partial charge in [-0.1, -0.05) is 0 Å². The minimum Gasteiger partial charge on any atom is -0.393 e. The zero-order valence-corrected chi connectivity index (χ0v) is 11.0. The first-order valence-corrected chi connectivity index (χ1v) is 6.96. The summed E-state index contributed by atoms with van der Waals surface area (Å²) >= 11 is 0. The first kappa shape index (κ1) is 13.3. The van der Waals surface area contributed by atoms with E-state index in [4.69, 9.17) is 4.74 Å². The van der Waals surface area contributed by atoms with E-state index in [2.05, 4.69) is 9.80 Å². The number of piperidine rings is 1. The van der Waals surface area contributed by atoms with Crippen LogP contribution in [0.15, 0.2) is 0 Å². The number of aliphatic hydroxyl groups excluding tert-OH is 1. The van der Waals surface area contributed by atoms with Crippen LogP contribution in [-0.4, -0.2) is 73.5 Å². The lowest BCUT2D eigenvalue weighted by molar-refractivity contribution is 0.0273. The summed E-state index contributed by atoms with van der Waals surface area (Å²) in [5.41, 5.74) is 0. The summed E-state index contributed by atoms with van der Waals surface area (Å²) in [5, 5.41) is 9.56. The number of nitrogens with zero attached hydrogens (tertiary/aromatic N) is 2. The van der Waals surface area contributed by atoms with Crippen molar-refractivity contribution >= 4 is 0 Å². The van der Waals surface area contributed by atoms with E-state index in [-0.39, 0.29) is 6.10 Å². The Morgan fingerprint density at radius 1 is 1.06 bits per heavy atom. The molecular weight excluding hydrogens is 216 g/mol. The van der Waals surface area contributed by atoms with Gasteiger partial charge in [0.25, 0.3) is 0 Å². The third-order valence-corrected chi connectivity index (χ3v) is 4.15. The highest BCUT2D eigenvalue weighted by Crippen LogP contribution is 2.20. The predicted octanol–water partition coefficient (Wildman–Crippen LogP) is 0.411. The number of hydrogen-bond acceptors (Lipinski definition) is 4. The highest BCUT2D eigenvalue weighted by Gasteiger charge is 2.22. The molecule has 17 heavy (non-hydrogen) atoms. The fraction of sp³-hybridized carbons (Fsp3) is 1.00. The second-order valence-corrected chi connectivity index (χ2v) is 5.37. The molecule has 2 aliphatic rings. The van der Waals surface area contributed by atoms with Gasteiger partial charge in [0, 0.05) is 26.2 Å². The van der Waals surface area contributed by atoms with Crippen LogP contribution in [0.4, 0.5) is 0 Å². The summed E-state index contributed by atoms with van der Waals surface area (Å²) < 4.78 is 5.35. The number of morpholine rings is 1. The third-order valence-electron chi connectivity index (χ3n) is 4.15. The van der Waals surface area contributed by atoms with Crippen LogP contribution in [0.25, 0.3) is 0 Å². The number of ether oxygens (including phenoxy) is 1. The Morgan fingerprint density at radius 3 is 2.12 bits per heavy atom. The van der Waals surface area contributed by atoms with Crippen LogP contribution >= 0.6 is 0 Å². The lowest BCUT2D eigenvalue weighted by Gasteiger charge is -2.35. The largest absolute Gasteiger partial charge is 0.393 e. The summed E-state index contributed by atoms with van der Waals surface area (Å²) in [7, 11) is 0. The van der Waals surface area contributed by atoms with Gasteiger partial charge in [-0.15, -0.1) is 0 Å². The topological polar surface area (TPSA) is 35.9 Å².